The van der Waals surface area contributed by atoms with Crippen LogP contribution in [-0.2, 0) is 31.5 Å². The Bertz CT molecular complexity index is 1630. The Balaban J connectivity index is 1.38. The number of nitrogens with two attached hydrogens (primary N) is 1. The van der Waals surface area contributed by atoms with E-state index in [1.807, 2.05) is 24.3 Å². The number of rotatable bonds is 15. The summed E-state index contributed by atoms with van der Waals surface area (Å²) in [5, 5.41) is 0. The van der Waals surface area contributed by atoms with Crippen molar-refractivity contribution in [3.05, 3.63) is 74.7 Å². The van der Waals surface area contributed by atoms with Crippen LogP contribution in [0.3, 0.4) is 0 Å². The number of aromatic amines is 1. The lowest BCUT2D eigenvalue weighted by Crippen LogP contribution is -2.15. The molecule has 0 fully saturated rings. The van der Waals surface area contributed by atoms with Crippen molar-refractivity contribution >= 4 is 46.4 Å². The zero-order valence-corrected chi connectivity index (χ0v) is 24.9. The van der Waals surface area contributed by atoms with Crippen LogP contribution in [0.4, 0.5) is 5.95 Å². The summed E-state index contributed by atoms with van der Waals surface area (Å²) in [4.78, 5) is 35.4. The van der Waals surface area contributed by atoms with Gasteiger partial charge in [-0.25, -0.2) is 4.98 Å². The summed E-state index contributed by atoms with van der Waals surface area (Å²) in [5.74, 6) is 0.425. The number of carbonyl (C=O) groups excluding carboxylic acids is 1. The highest BCUT2D eigenvalue weighted by Crippen LogP contribution is 2.49. The van der Waals surface area contributed by atoms with Gasteiger partial charge in [0.05, 0.1) is 46.5 Å². The molecule has 4 rings (SSSR count). The van der Waals surface area contributed by atoms with E-state index in [2.05, 4.69) is 30.9 Å². The predicted molar refractivity (Wildman–Crippen MR) is 155 cm³/mol. The van der Waals surface area contributed by atoms with Crippen molar-refractivity contribution < 1.29 is 32.6 Å². The van der Waals surface area contributed by atoms with Crippen LogP contribution in [0.15, 0.2) is 58.1 Å². The molecule has 1 atom stereocenters. The van der Waals surface area contributed by atoms with Crippen molar-refractivity contribution in [1.82, 2.24) is 19.5 Å². The largest absolute Gasteiger partial charge is 0.493 e. The number of anilines is 1. The number of Topliss-reactive ketones (excluding diaryl/α,β-unsaturated/α-hetero) is 1. The first-order valence-electron chi connectivity index (χ1n) is 12.4. The SMILES string of the molecule is COc1ccc(C(=O)COP(=O)(CCOCCn2cnc3c(=O)[nH]c(N)nc32)OCc2cccc(Br)c2)cc1OC. The Hall–Kier alpha value is -3.55. The molecule has 0 radical (unpaired) electrons. The number of imidazole rings is 1. The third-order valence-corrected chi connectivity index (χ3v) is 8.16. The number of hydrogen-bond donors (Lipinski definition) is 2. The molecular formula is C26H29BrN5O8P. The average molecular weight is 650 g/mol. The lowest BCUT2D eigenvalue weighted by molar-refractivity contribution is 0.0885. The van der Waals surface area contributed by atoms with E-state index in [0.29, 0.717) is 29.3 Å². The van der Waals surface area contributed by atoms with Crippen molar-refractivity contribution in [3.8, 4) is 11.5 Å². The van der Waals surface area contributed by atoms with Crippen molar-refractivity contribution in [2.24, 2.45) is 0 Å². The number of fused-ring (bicyclic) bond motifs is 1. The van der Waals surface area contributed by atoms with E-state index in [1.165, 1.54) is 26.6 Å². The molecule has 0 saturated carbocycles. The Morgan fingerprint density at radius 3 is 2.66 bits per heavy atom. The van der Waals surface area contributed by atoms with Gasteiger partial charge in [-0.15, -0.1) is 0 Å². The number of nitrogens with one attached hydrogen (secondary N) is 1. The Morgan fingerprint density at radius 1 is 1.10 bits per heavy atom. The van der Waals surface area contributed by atoms with E-state index in [-0.39, 0.29) is 37.4 Å². The van der Waals surface area contributed by atoms with Gasteiger partial charge in [0.1, 0.15) is 6.61 Å². The predicted octanol–water partition coefficient (Wildman–Crippen LogP) is 3.81. The van der Waals surface area contributed by atoms with Gasteiger partial charge in [0.15, 0.2) is 28.4 Å². The summed E-state index contributed by atoms with van der Waals surface area (Å²) >= 11 is 3.40. The molecular weight excluding hydrogens is 621 g/mol. The molecule has 2 aromatic carbocycles. The minimum atomic E-state index is -3.77. The summed E-state index contributed by atoms with van der Waals surface area (Å²) in [6.45, 7) is 0.0468. The van der Waals surface area contributed by atoms with Crippen LogP contribution in [0.1, 0.15) is 15.9 Å². The molecule has 0 aliphatic carbocycles. The second kappa shape index (κ2) is 13.9. The number of carbonyl (C=O) groups is 1. The summed E-state index contributed by atoms with van der Waals surface area (Å²) in [5.41, 5.74) is 6.76. The number of ketones is 1. The van der Waals surface area contributed by atoms with E-state index in [4.69, 9.17) is 29.0 Å². The molecule has 0 amide bonds. The molecule has 0 aliphatic heterocycles. The fraction of sp³-hybridized carbons (Fsp3) is 0.308. The van der Waals surface area contributed by atoms with E-state index in [1.54, 1.807) is 16.7 Å². The molecule has 0 bridgehead atoms. The van der Waals surface area contributed by atoms with Gasteiger partial charge in [-0.05, 0) is 35.9 Å². The van der Waals surface area contributed by atoms with Gasteiger partial charge in [0.25, 0.3) is 5.56 Å². The molecule has 2 heterocycles. The van der Waals surface area contributed by atoms with E-state index in [9.17, 15) is 14.2 Å². The van der Waals surface area contributed by atoms with E-state index in [0.717, 1.165) is 10.0 Å². The number of nitrogens with zero attached hydrogens (tertiary/aromatic N) is 3. The topological polar surface area (TPSA) is 170 Å². The standard InChI is InChI=1S/C26H29BrN5O8P/c1-36-21-7-6-18(13-22(21)37-2)20(33)15-40-41(35,39-14-17-4-3-5-19(27)12-17)11-10-38-9-8-32-16-29-23-24(32)30-26(28)31-25(23)34/h3-7,12-13,16H,8-11,14-15H2,1-2H3,(H3,28,30,31,34). The Labute approximate surface area is 243 Å². The highest BCUT2D eigenvalue weighted by molar-refractivity contribution is 9.10. The number of ether oxygens (including phenoxy) is 3. The quantitative estimate of drug-likeness (QED) is 0.109. The van der Waals surface area contributed by atoms with E-state index >= 15 is 0 Å². The van der Waals surface area contributed by atoms with Crippen LogP contribution < -0.4 is 20.8 Å². The van der Waals surface area contributed by atoms with Gasteiger partial charge in [-0.3, -0.25) is 19.1 Å². The lowest BCUT2D eigenvalue weighted by atomic mass is 10.1. The third-order valence-electron chi connectivity index (χ3n) is 5.89. The number of nitrogen functional groups attached to an aromatic ring is 1. The zero-order chi connectivity index (χ0) is 29.4. The van der Waals surface area contributed by atoms with Gasteiger partial charge in [0.2, 0.25) is 5.95 Å². The maximum atomic E-state index is 13.7. The normalized spacial score (nSPS) is 12.8. The zero-order valence-electron chi connectivity index (χ0n) is 22.4. The number of benzene rings is 2. The van der Waals surface area contributed by atoms with Crippen molar-refractivity contribution in [3.63, 3.8) is 0 Å². The molecule has 13 nitrogen and oxygen atoms in total. The fourth-order valence-corrected chi connectivity index (χ4v) is 5.58. The van der Waals surface area contributed by atoms with Crippen LogP contribution in [-0.4, -0.2) is 65.5 Å². The van der Waals surface area contributed by atoms with Crippen LogP contribution >= 0.6 is 23.5 Å². The summed E-state index contributed by atoms with van der Waals surface area (Å²) in [6, 6.07) is 12.0. The third kappa shape index (κ3) is 8.02. The monoisotopic (exact) mass is 649 g/mol. The Kier molecular flexibility index (Phi) is 10.3. The highest BCUT2D eigenvalue weighted by atomic mass is 79.9. The molecule has 0 spiro atoms. The molecule has 4 aromatic rings. The molecule has 0 aliphatic rings. The minimum absolute atomic E-state index is 0.00390. The van der Waals surface area contributed by atoms with Gasteiger partial charge in [-0.1, -0.05) is 28.1 Å². The number of halogens is 1. The summed E-state index contributed by atoms with van der Waals surface area (Å²) in [7, 11) is -0.811. The van der Waals surface area contributed by atoms with Gasteiger partial charge in [-0.2, -0.15) is 4.98 Å². The molecule has 3 N–H and O–H groups in total. The molecule has 15 heteroatoms. The smallest absolute Gasteiger partial charge is 0.333 e. The molecule has 218 valence electrons. The maximum Gasteiger partial charge on any atom is 0.333 e. The first kappa shape index (κ1) is 30.4. The summed E-state index contributed by atoms with van der Waals surface area (Å²) in [6.07, 6.45) is 1.36. The van der Waals surface area contributed by atoms with Crippen LogP contribution in [0.2, 0.25) is 0 Å². The second-order valence-corrected chi connectivity index (χ2v) is 11.8. The van der Waals surface area contributed by atoms with Crippen molar-refractivity contribution in [2.45, 2.75) is 13.2 Å². The average Bonchev–Trinajstić information content (AvgIpc) is 3.37. The second-order valence-electron chi connectivity index (χ2n) is 8.68. The van der Waals surface area contributed by atoms with Crippen molar-refractivity contribution in [1.29, 1.82) is 0 Å². The fourth-order valence-electron chi connectivity index (χ4n) is 3.79. The first-order valence-corrected chi connectivity index (χ1v) is 14.9. The van der Waals surface area contributed by atoms with Crippen LogP contribution in [0.5, 0.6) is 11.5 Å². The van der Waals surface area contributed by atoms with Gasteiger partial charge >= 0.3 is 7.60 Å². The van der Waals surface area contributed by atoms with Crippen molar-refractivity contribution in [2.75, 3.05) is 45.9 Å². The number of aromatic nitrogens is 4. The van der Waals surface area contributed by atoms with Crippen LogP contribution in [0.25, 0.3) is 11.2 Å². The van der Waals surface area contributed by atoms with Crippen LogP contribution in [0, 0.1) is 0 Å². The maximum absolute atomic E-state index is 13.7. The molecule has 1 unspecified atom stereocenters. The number of H-pyrrole nitrogens is 1. The first-order chi connectivity index (χ1) is 19.7. The van der Waals surface area contributed by atoms with Gasteiger partial charge < -0.3 is 33.6 Å². The molecule has 41 heavy (non-hydrogen) atoms. The number of hydrogen-bond acceptors (Lipinski definition) is 11. The molecule has 2 aromatic heterocycles. The van der Waals surface area contributed by atoms with E-state index < -0.39 is 25.5 Å². The van der Waals surface area contributed by atoms with Gasteiger partial charge in [0, 0.05) is 16.6 Å². The summed E-state index contributed by atoms with van der Waals surface area (Å²) < 4.78 is 43.6. The minimum Gasteiger partial charge on any atom is -0.493 e. The highest BCUT2D eigenvalue weighted by Gasteiger charge is 2.27. The number of methoxy groups -OCH3 is 2. The Morgan fingerprint density at radius 2 is 1.90 bits per heavy atom. The lowest BCUT2D eigenvalue weighted by Gasteiger charge is -2.19. The molecule has 0 saturated heterocycles.